The second kappa shape index (κ2) is 6.89. The highest BCUT2D eigenvalue weighted by atomic mass is 32.2. The summed E-state index contributed by atoms with van der Waals surface area (Å²) in [6.07, 6.45) is 3.81. The molecule has 0 aromatic heterocycles. The molecule has 0 aliphatic carbocycles. The third-order valence-corrected chi connectivity index (χ3v) is 5.38. The van der Waals surface area contributed by atoms with E-state index in [0.717, 1.165) is 18.4 Å². The van der Waals surface area contributed by atoms with E-state index in [2.05, 4.69) is 17.4 Å². The van der Waals surface area contributed by atoms with Gasteiger partial charge < -0.3 is 5.32 Å². The SMILES string of the molecule is C/C(=C\C(=O)NC1CCS(=O)(=O)C1)CCc1ccccc1. The maximum Gasteiger partial charge on any atom is 0.244 e. The summed E-state index contributed by atoms with van der Waals surface area (Å²) in [4.78, 5) is 11.8. The molecule has 1 unspecified atom stereocenters. The Morgan fingerprint density at radius 2 is 2.05 bits per heavy atom. The van der Waals surface area contributed by atoms with Crippen molar-refractivity contribution in [1.82, 2.24) is 5.32 Å². The van der Waals surface area contributed by atoms with Crippen LogP contribution >= 0.6 is 0 Å². The molecular weight excluding hydrogens is 286 g/mol. The summed E-state index contributed by atoms with van der Waals surface area (Å²) in [5, 5.41) is 2.77. The first-order valence-corrected chi connectivity index (χ1v) is 8.99. The summed E-state index contributed by atoms with van der Waals surface area (Å²) in [6.45, 7) is 1.92. The molecule has 1 aromatic rings. The number of hydrogen-bond acceptors (Lipinski definition) is 3. The Morgan fingerprint density at radius 1 is 1.33 bits per heavy atom. The molecule has 2 rings (SSSR count). The predicted molar refractivity (Wildman–Crippen MR) is 83.7 cm³/mol. The van der Waals surface area contributed by atoms with Crippen LogP contribution < -0.4 is 5.32 Å². The minimum Gasteiger partial charge on any atom is -0.349 e. The van der Waals surface area contributed by atoms with Gasteiger partial charge in [-0.25, -0.2) is 8.42 Å². The molecule has 5 heteroatoms. The molecular formula is C16H21NO3S. The molecule has 21 heavy (non-hydrogen) atoms. The second-order valence-corrected chi connectivity index (χ2v) is 7.81. The van der Waals surface area contributed by atoms with Crippen molar-refractivity contribution < 1.29 is 13.2 Å². The fourth-order valence-corrected chi connectivity index (χ4v) is 4.11. The molecule has 0 spiro atoms. The van der Waals surface area contributed by atoms with Crippen LogP contribution in [0.4, 0.5) is 0 Å². The summed E-state index contributed by atoms with van der Waals surface area (Å²) in [6, 6.07) is 9.88. The molecule has 1 aliphatic rings. The van der Waals surface area contributed by atoms with Gasteiger partial charge in [-0.3, -0.25) is 4.79 Å². The summed E-state index contributed by atoms with van der Waals surface area (Å²) in [5.41, 5.74) is 2.24. The number of nitrogens with one attached hydrogen (secondary N) is 1. The average Bonchev–Trinajstić information content (AvgIpc) is 2.76. The second-order valence-electron chi connectivity index (χ2n) is 5.58. The van der Waals surface area contributed by atoms with Crippen LogP contribution in [0.1, 0.15) is 25.3 Å². The number of carbonyl (C=O) groups excluding carboxylic acids is 1. The van der Waals surface area contributed by atoms with Gasteiger partial charge in [0.2, 0.25) is 5.91 Å². The van der Waals surface area contributed by atoms with Gasteiger partial charge in [-0.15, -0.1) is 0 Å². The van der Waals surface area contributed by atoms with Crippen molar-refractivity contribution in [2.24, 2.45) is 0 Å². The number of allylic oxidation sites excluding steroid dienone is 1. The predicted octanol–water partition coefficient (Wildman–Crippen LogP) is 1.87. The van der Waals surface area contributed by atoms with E-state index in [9.17, 15) is 13.2 Å². The smallest absolute Gasteiger partial charge is 0.244 e. The molecule has 1 N–H and O–H groups in total. The van der Waals surface area contributed by atoms with Crippen LogP contribution in [0, 0.1) is 0 Å². The normalized spacial score (nSPS) is 21.2. The molecule has 1 heterocycles. The van der Waals surface area contributed by atoms with Gasteiger partial charge in [0.1, 0.15) is 0 Å². The molecule has 1 amide bonds. The zero-order chi connectivity index (χ0) is 15.3. The first-order valence-electron chi connectivity index (χ1n) is 7.17. The number of sulfone groups is 1. The lowest BCUT2D eigenvalue weighted by Crippen LogP contribution is -2.34. The summed E-state index contributed by atoms with van der Waals surface area (Å²) in [5.74, 6) is 0.0484. The number of amides is 1. The topological polar surface area (TPSA) is 63.2 Å². The summed E-state index contributed by atoms with van der Waals surface area (Å²) >= 11 is 0. The highest BCUT2D eigenvalue weighted by Gasteiger charge is 2.28. The molecule has 1 fully saturated rings. The van der Waals surface area contributed by atoms with Crippen molar-refractivity contribution in [1.29, 1.82) is 0 Å². The molecule has 0 saturated carbocycles. The van der Waals surface area contributed by atoms with Crippen LogP contribution in [0.3, 0.4) is 0 Å². The maximum absolute atomic E-state index is 11.8. The number of rotatable bonds is 5. The van der Waals surface area contributed by atoms with Crippen molar-refractivity contribution in [3.63, 3.8) is 0 Å². The van der Waals surface area contributed by atoms with Gasteiger partial charge in [-0.2, -0.15) is 0 Å². The van der Waals surface area contributed by atoms with Crippen LogP contribution in [-0.4, -0.2) is 31.9 Å². The van der Waals surface area contributed by atoms with E-state index in [0.29, 0.717) is 6.42 Å². The van der Waals surface area contributed by atoms with Crippen molar-refractivity contribution in [2.45, 2.75) is 32.2 Å². The van der Waals surface area contributed by atoms with Gasteiger partial charge in [-0.1, -0.05) is 35.9 Å². The zero-order valence-corrected chi connectivity index (χ0v) is 13.0. The van der Waals surface area contributed by atoms with E-state index in [1.807, 2.05) is 25.1 Å². The van der Waals surface area contributed by atoms with E-state index >= 15 is 0 Å². The number of carbonyl (C=O) groups is 1. The third-order valence-electron chi connectivity index (χ3n) is 3.61. The van der Waals surface area contributed by atoms with E-state index in [1.54, 1.807) is 6.08 Å². The van der Waals surface area contributed by atoms with Crippen molar-refractivity contribution >= 4 is 15.7 Å². The van der Waals surface area contributed by atoms with Gasteiger partial charge in [0, 0.05) is 12.1 Å². The van der Waals surface area contributed by atoms with Crippen LogP contribution in [0.5, 0.6) is 0 Å². The molecule has 1 aliphatic heterocycles. The van der Waals surface area contributed by atoms with Crippen molar-refractivity contribution in [2.75, 3.05) is 11.5 Å². The first kappa shape index (κ1) is 15.8. The Kier molecular flexibility index (Phi) is 5.17. The van der Waals surface area contributed by atoms with E-state index in [4.69, 9.17) is 0 Å². The molecule has 114 valence electrons. The first-order chi connectivity index (χ1) is 9.94. The molecule has 1 aromatic carbocycles. The lowest BCUT2D eigenvalue weighted by atomic mass is 10.1. The average molecular weight is 307 g/mol. The van der Waals surface area contributed by atoms with Crippen molar-refractivity contribution in [3.05, 3.63) is 47.5 Å². The summed E-state index contributed by atoms with van der Waals surface area (Å²) in [7, 11) is -2.95. The molecule has 4 nitrogen and oxygen atoms in total. The largest absolute Gasteiger partial charge is 0.349 e. The monoisotopic (exact) mass is 307 g/mol. The quantitative estimate of drug-likeness (QED) is 0.845. The Labute approximate surface area is 126 Å². The van der Waals surface area contributed by atoms with E-state index in [-0.39, 0.29) is 23.5 Å². The Bertz CT molecular complexity index is 620. The fraction of sp³-hybridized carbons (Fsp3) is 0.438. The maximum atomic E-state index is 11.8. The minimum absolute atomic E-state index is 0.0651. The van der Waals surface area contributed by atoms with E-state index < -0.39 is 9.84 Å². The lowest BCUT2D eigenvalue weighted by Gasteiger charge is -2.09. The number of aryl methyl sites for hydroxylation is 1. The van der Waals surface area contributed by atoms with Crippen LogP contribution in [0.25, 0.3) is 0 Å². The third kappa shape index (κ3) is 5.34. The standard InChI is InChI=1S/C16H21NO3S/c1-13(7-8-14-5-3-2-4-6-14)11-16(18)17-15-9-10-21(19,20)12-15/h2-6,11,15H,7-10,12H2,1H3,(H,17,18)/b13-11+. The minimum atomic E-state index is -2.95. The van der Waals surface area contributed by atoms with Crippen LogP contribution in [0.2, 0.25) is 0 Å². The molecule has 1 atom stereocenters. The Morgan fingerprint density at radius 3 is 2.67 bits per heavy atom. The molecule has 1 saturated heterocycles. The van der Waals surface area contributed by atoms with Gasteiger partial charge in [0.15, 0.2) is 9.84 Å². The van der Waals surface area contributed by atoms with Crippen molar-refractivity contribution in [3.8, 4) is 0 Å². The van der Waals surface area contributed by atoms with Gasteiger partial charge in [-0.05, 0) is 31.7 Å². The highest BCUT2D eigenvalue weighted by molar-refractivity contribution is 7.91. The van der Waals surface area contributed by atoms with E-state index in [1.165, 1.54) is 5.56 Å². The molecule has 0 bridgehead atoms. The number of benzene rings is 1. The summed E-state index contributed by atoms with van der Waals surface area (Å²) < 4.78 is 22.7. The lowest BCUT2D eigenvalue weighted by molar-refractivity contribution is -0.117. The van der Waals surface area contributed by atoms with Gasteiger partial charge >= 0.3 is 0 Å². The van der Waals surface area contributed by atoms with Crippen LogP contribution in [-0.2, 0) is 21.1 Å². The van der Waals surface area contributed by atoms with Gasteiger partial charge in [0.25, 0.3) is 0 Å². The Hall–Kier alpha value is -1.62. The highest BCUT2D eigenvalue weighted by Crippen LogP contribution is 2.12. The van der Waals surface area contributed by atoms with Gasteiger partial charge in [0.05, 0.1) is 11.5 Å². The zero-order valence-electron chi connectivity index (χ0n) is 12.2. The van der Waals surface area contributed by atoms with Crippen LogP contribution in [0.15, 0.2) is 42.0 Å². The fourth-order valence-electron chi connectivity index (χ4n) is 2.43. The Balaban J connectivity index is 1.80. The molecule has 0 radical (unpaired) electrons. The number of hydrogen-bond donors (Lipinski definition) is 1.